The maximum absolute atomic E-state index is 11.7. The third-order valence-electron chi connectivity index (χ3n) is 2.44. The quantitative estimate of drug-likeness (QED) is 0.784. The highest BCUT2D eigenvalue weighted by molar-refractivity contribution is 5.79. The number of hydrogen-bond donors (Lipinski definition) is 1. The lowest BCUT2D eigenvalue weighted by molar-refractivity contribution is -0.120. The monoisotopic (exact) mass is 231 g/mol. The molecule has 1 N–H and O–H groups in total. The Balaban J connectivity index is 2.59. The van der Waals surface area contributed by atoms with Crippen molar-refractivity contribution in [2.45, 2.75) is 25.8 Å². The smallest absolute Gasteiger partial charge is 0.225 e. The van der Waals surface area contributed by atoms with Crippen LogP contribution in [0.25, 0.3) is 0 Å². The molecule has 17 heavy (non-hydrogen) atoms. The van der Waals surface area contributed by atoms with Gasteiger partial charge in [-0.3, -0.25) is 4.79 Å². The van der Waals surface area contributed by atoms with E-state index >= 15 is 0 Å². The average molecular weight is 231 g/mol. The molecule has 0 radical (unpaired) electrons. The van der Waals surface area contributed by atoms with Crippen molar-refractivity contribution in [3.63, 3.8) is 0 Å². The lowest BCUT2D eigenvalue weighted by Gasteiger charge is -2.10. The number of nitrogens with one attached hydrogen (secondary N) is 1. The molecule has 3 nitrogen and oxygen atoms in total. The second kappa shape index (κ2) is 6.59. The van der Waals surface area contributed by atoms with Gasteiger partial charge in [-0.05, 0) is 24.1 Å². The standard InChI is InChI=1S/C14H17NO2/c1-4-12(5-2)15-14(16)10-11-7-6-8-13(9-11)17-3/h1,6-9,12H,5,10H2,2-3H3,(H,15,16). The fourth-order valence-electron chi connectivity index (χ4n) is 1.47. The summed E-state index contributed by atoms with van der Waals surface area (Å²) in [7, 11) is 1.60. The Morgan fingerprint density at radius 2 is 2.35 bits per heavy atom. The molecule has 0 fully saturated rings. The molecule has 0 heterocycles. The van der Waals surface area contributed by atoms with Crippen LogP contribution in [0.2, 0.25) is 0 Å². The molecule has 0 saturated heterocycles. The van der Waals surface area contributed by atoms with Gasteiger partial charge < -0.3 is 10.1 Å². The van der Waals surface area contributed by atoms with Crippen LogP contribution in [-0.4, -0.2) is 19.1 Å². The van der Waals surface area contributed by atoms with Crippen molar-refractivity contribution in [2.24, 2.45) is 0 Å². The van der Waals surface area contributed by atoms with Crippen LogP contribution in [0.1, 0.15) is 18.9 Å². The SMILES string of the molecule is C#CC(CC)NC(=O)Cc1cccc(OC)c1. The second-order valence-corrected chi connectivity index (χ2v) is 3.72. The zero-order valence-electron chi connectivity index (χ0n) is 10.2. The molecule has 3 heteroatoms. The van der Waals surface area contributed by atoms with Crippen LogP contribution in [0.4, 0.5) is 0 Å². The highest BCUT2D eigenvalue weighted by atomic mass is 16.5. The number of benzene rings is 1. The highest BCUT2D eigenvalue weighted by Crippen LogP contribution is 2.12. The van der Waals surface area contributed by atoms with Crippen LogP contribution in [-0.2, 0) is 11.2 Å². The van der Waals surface area contributed by atoms with Crippen molar-refractivity contribution in [1.82, 2.24) is 5.32 Å². The number of methoxy groups -OCH3 is 1. The van der Waals surface area contributed by atoms with Gasteiger partial charge in [0.25, 0.3) is 0 Å². The van der Waals surface area contributed by atoms with Crippen molar-refractivity contribution in [2.75, 3.05) is 7.11 Å². The van der Waals surface area contributed by atoms with Gasteiger partial charge in [0.05, 0.1) is 19.6 Å². The number of carbonyl (C=O) groups excluding carboxylic acids is 1. The first-order valence-electron chi connectivity index (χ1n) is 5.58. The summed E-state index contributed by atoms with van der Waals surface area (Å²) >= 11 is 0. The van der Waals surface area contributed by atoms with E-state index in [9.17, 15) is 4.79 Å². The van der Waals surface area contributed by atoms with Crippen LogP contribution in [0.3, 0.4) is 0 Å². The van der Waals surface area contributed by atoms with E-state index in [0.29, 0.717) is 6.42 Å². The number of terminal acetylenes is 1. The summed E-state index contributed by atoms with van der Waals surface area (Å²) in [6, 6.07) is 7.25. The van der Waals surface area contributed by atoms with E-state index in [1.165, 1.54) is 0 Å². The number of amides is 1. The summed E-state index contributed by atoms with van der Waals surface area (Å²) in [6.07, 6.45) is 6.34. The van der Waals surface area contributed by atoms with E-state index in [1.807, 2.05) is 31.2 Å². The Morgan fingerprint density at radius 1 is 1.59 bits per heavy atom. The topological polar surface area (TPSA) is 38.3 Å². The maximum Gasteiger partial charge on any atom is 0.225 e. The molecular weight excluding hydrogens is 214 g/mol. The van der Waals surface area contributed by atoms with Crippen LogP contribution in [0.5, 0.6) is 5.75 Å². The molecule has 90 valence electrons. The normalized spacial score (nSPS) is 11.4. The Kier molecular flexibility index (Phi) is 5.09. The van der Waals surface area contributed by atoms with Gasteiger partial charge in [-0.15, -0.1) is 6.42 Å². The molecule has 0 aliphatic carbocycles. The summed E-state index contributed by atoms with van der Waals surface area (Å²) in [4.78, 5) is 11.7. The largest absolute Gasteiger partial charge is 0.497 e. The van der Waals surface area contributed by atoms with E-state index < -0.39 is 0 Å². The molecule has 0 aliphatic rings. The molecule has 0 spiro atoms. The van der Waals surface area contributed by atoms with Gasteiger partial charge in [0, 0.05) is 0 Å². The molecular formula is C14H17NO2. The van der Waals surface area contributed by atoms with Gasteiger partial charge in [0.15, 0.2) is 0 Å². The molecule has 1 amide bonds. The zero-order valence-corrected chi connectivity index (χ0v) is 10.2. The van der Waals surface area contributed by atoms with Gasteiger partial charge in [-0.1, -0.05) is 25.0 Å². The lowest BCUT2D eigenvalue weighted by Crippen LogP contribution is -2.34. The Morgan fingerprint density at radius 3 is 2.94 bits per heavy atom. The van der Waals surface area contributed by atoms with E-state index in [4.69, 9.17) is 11.2 Å². The van der Waals surface area contributed by atoms with Gasteiger partial charge >= 0.3 is 0 Å². The number of ether oxygens (including phenoxy) is 1. The average Bonchev–Trinajstić information content (AvgIpc) is 2.36. The summed E-state index contributed by atoms with van der Waals surface area (Å²) in [5.74, 6) is 3.22. The van der Waals surface area contributed by atoms with Crippen molar-refractivity contribution >= 4 is 5.91 Å². The van der Waals surface area contributed by atoms with Crippen molar-refractivity contribution in [3.8, 4) is 18.1 Å². The van der Waals surface area contributed by atoms with Crippen LogP contribution >= 0.6 is 0 Å². The van der Waals surface area contributed by atoms with E-state index in [-0.39, 0.29) is 11.9 Å². The second-order valence-electron chi connectivity index (χ2n) is 3.72. The van der Waals surface area contributed by atoms with Crippen LogP contribution < -0.4 is 10.1 Å². The minimum atomic E-state index is -0.187. The Hall–Kier alpha value is -1.95. The number of hydrogen-bond acceptors (Lipinski definition) is 2. The van der Waals surface area contributed by atoms with E-state index in [0.717, 1.165) is 17.7 Å². The maximum atomic E-state index is 11.7. The first kappa shape index (κ1) is 13.1. The van der Waals surface area contributed by atoms with Crippen LogP contribution in [0, 0.1) is 12.3 Å². The van der Waals surface area contributed by atoms with Gasteiger partial charge in [0.1, 0.15) is 5.75 Å². The predicted molar refractivity (Wildman–Crippen MR) is 67.8 cm³/mol. The summed E-state index contributed by atoms with van der Waals surface area (Å²) in [6.45, 7) is 1.94. The molecule has 0 aromatic heterocycles. The minimum Gasteiger partial charge on any atom is -0.497 e. The van der Waals surface area contributed by atoms with Gasteiger partial charge in [0.2, 0.25) is 5.91 Å². The zero-order chi connectivity index (χ0) is 12.7. The fraction of sp³-hybridized carbons (Fsp3) is 0.357. The lowest BCUT2D eigenvalue weighted by atomic mass is 10.1. The molecule has 1 atom stereocenters. The molecule has 1 unspecified atom stereocenters. The molecule has 1 rings (SSSR count). The number of rotatable bonds is 5. The van der Waals surface area contributed by atoms with Gasteiger partial charge in [-0.2, -0.15) is 0 Å². The van der Waals surface area contributed by atoms with Crippen molar-refractivity contribution in [1.29, 1.82) is 0 Å². The fourth-order valence-corrected chi connectivity index (χ4v) is 1.47. The highest BCUT2D eigenvalue weighted by Gasteiger charge is 2.08. The molecule has 1 aromatic carbocycles. The van der Waals surface area contributed by atoms with E-state index in [2.05, 4.69) is 11.2 Å². The Labute approximate surface area is 102 Å². The van der Waals surface area contributed by atoms with Crippen LogP contribution in [0.15, 0.2) is 24.3 Å². The summed E-state index contributed by atoms with van der Waals surface area (Å²) < 4.78 is 5.10. The summed E-state index contributed by atoms with van der Waals surface area (Å²) in [5, 5.41) is 2.79. The first-order chi connectivity index (χ1) is 8.19. The number of carbonyl (C=O) groups is 1. The predicted octanol–water partition coefficient (Wildman–Crippen LogP) is 1.77. The first-order valence-corrected chi connectivity index (χ1v) is 5.58. The Bertz CT molecular complexity index is 420. The van der Waals surface area contributed by atoms with Crippen molar-refractivity contribution < 1.29 is 9.53 Å². The van der Waals surface area contributed by atoms with E-state index in [1.54, 1.807) is 7.11 Å². The summed E-state index contributed by atoms with van der Waals surface area (Å²) in [5.41, 5.74) is 0.911. The van der Waals surface area contributed by atoms with Crippen molar-refractivity contribution in [3.05, 3.63) is 29.8 Å². The molecule has 0 bridgehead atoms. The third-order valence-corrected chi connectivity index (χ3v) is 2.44. The molecule has 0 aliphatic heterocycles. The third kappa shape index (κ3) is 4.20. The van der Waals surface area contributed by atoms with Gasteiger partial charge in [-0.25, -0.2) is 0 Å². The molecule has 0 saturated carbocycles. The minimum absolute atomic E-state index is 0.0666. The molecule has 1 aromatic rings.